The summed E-state index contributed by atoms with van der Waals surface area (Å²) in [6.07, 6.45) is 3.70. The Kier molecular flexibility index (Phi) is 5.58. The second-order valence-electron chi connectivity index (χ2n) is 4.96. The maximum atomic E-state index is 8.94. The summed E-state index contributed by atoms with van der Waals surface area (Å²) >= 11 is 0. The predicted octanol–water partition coefficient (Wildman–Crippen LogP) is 1.06. The number of aliphatic hydroxyl groups is 1. The van der Waals surface area contributed by atoms with Gasteiger partial charge in [0.2, 0.25) is 0 Å². The summed E-state index contributed by atoms with van der Waals surface area (Å²) in [5, 5.41) is 8.94. The van der Waals surface area contributed by atoms with E-state index in [1.54, 1.807) is 0 Å². The van der Waals surface area contributed by atoms with Gasteiger partial charge in [0.15, 0.2) is 0 Å². The van der Waals surface area contributed by atoms with Crippen molar-refractivity contribution < 1.29 is 5.11 Å². The summed E-state index contributed by atoms with van der Waals surface area (Å²) in [5.74, 6) is 1.45. The summed E-state index contributed by atoms with van der Waals surface area (Å²) in [6.45, 7) is 7.58. The van der Waals surface area contributed by atoms with Gasteiger partial charge in [-0.05, 0) is 37.6 Å². The maximum absolute atomic E-state index is 8.94. The molecule has 3 nitrogen and oxygen atoms in total. The van der Waals surface area contributed by atoms with Crippen LogP contribution in [-0.2, 0) is 0 Å². The van der Waals surface area contributed by atoms with E-state index in [1.165, 1.54) is 19.3 Å². The van der Waals surface area contributed by atoms with Gasteiger partial charge in [-0.25, -0.2) is 0 Å². The van der Waals surface area contributed by atoms with Crippen LogP contribution in [0.3, 0.4) is 0 Å². The van der Waals surface area contributed by atoms with Crippen LogP contribution >= 0.6 is 0 Å². The topological polar surface area (TPSA) is 49.5 Å². The van der Waals surface area contributed by atoms with E-state index in [0.29, 0.717) is 12.0 Å². The number of rotatable bonds is 5. The van der Waals surface area contributed by atoms with Crippen LogP contribution in [0.2, 0.25) is 0 Å². The molecule has 0 spiro atoms. The molecule has 1 rings (SSSR count). The van der Waals surface area contributed by atoms with Crippen molar-refractivity contribution in [3.8, 4) is 0 Å². The second kappa shape index (κ2) is 6.46. The van der Waals surface area contributed by atoms with Gasteiger partial charge in [0.25, 0.3) is 0 Å². The number of nitrogens with zero attached hydrogens (tertiary/aromatic N) is 1. The zero-order chi connectivity index (χ0) is 11.3. The molecule has 0 radical (unpaired) electrons. The van der Waals surface area contributed by atoms with E-state index in [0.717, 1.165) is 25.6 Å². The van der Waals surface area contributed by atoms with Crippen molar-refractivity contribution in [3.63, 3.8) is 0 Å². The molecule has 1 fully saturated rings. The first-order valence-electron chi connectivity index (χ1n) is 6.26. The van der Waals surface area contributed by atoms with Crippen LogP contribution in [0.1, 0.15) is 33.1 Å². The van der Waals surface area contributed by atoms with E-state index in [9.17, 15) is 0 Å². The van der Waals surface area contributed by atoms with E-state index in [2.05, 4.69) is 18.7 Å². The Morgan fingerprint density at radius 3 is 2.73 bits per heavy atom. The van der Waals surface area contributed by atoms with Crippen LogP contribution < -0.4 is 5.73 Å². The Morgan fingerprint density at radius 1 is 1.40 bits per heavy atom. The molecule has 0 aliphatic heterocycles. The van der Waals surface area contributed by atoms with Crippen LogP contribution in [0.5, 0.6) is 0 Å². The normalized spacial score (nSPS) is 32.2. The van der Waals surface area contributed by atoms with Gasteiger partial charge in [0.1, 0.15) is 0 Å². The number of hydrogen-bond donors (Lipinski definition) is 2. The molecule has 0 amide bonds. The highest BCUT2D eigenvalue weighted by Crippen LogP contribution is 2.28. The van der Waals surface area contributed by atoms with E-state index < -0.39 is 0 Å². The molecular weight excluding hydrogens is 188 g/mol. The van der Waals surface area contributed by atoms with Crippen molar-refractivity contribution in [2.24, 2.45) is 17.6 Å². The SMILES string of the molecule is CCN(CCO)CC1CC(C)CCC1N. The Labute approximate surface area is 93.6 Å². The first-order chi connectivity index (χ1) is 7.17. The highest BCUT2D eigenvalue weighted by atomic mass is 16.3. The first-order valence-corrected chi connectivity index (χ1v) is 6.26. The predicted molar refractivity (Wildman–Crippen MR) is 63.7 cm³/mol. The Hall–Kier alpha value is -0.120. The third-order valence-electron chi connectivity index (χ3n) is 3.66. The molecule has 0 bridgehead atoms. The fraction of sp³-hybridized carbons (Fsp3) is 1.00. The van der Waals surface area contributed by atoms with Crippen LogP contribution in [0, 0.1) is 11.8 Å². The number of likely N-dealkylation sites (N-methyl/N-ethyl adjacent to an activating group) is 1. The van der Waals surface area contributed by atoms with Crippen LogP contribution in [-0.4, -0.2) is 42.3 Å². The van der Waals surface area contributed by atoms with Gasteiger partial charge in [0.05, 0.1) is 6.61 Å². The Bertz CT molecular complexity index is 175. The van der Waals surface area contributed by atoms with Crippen molar-refractivity contribution in [2.45, 2.75) is 39.2 Å². The van der Waals surface area contributed by atoms with Crippen LogP contribution in [0.15, 0.2) is 0 Å². The molecule has 0 aromatic rings. The largest absolute Gasteiger partial charge is 0.395 e. The smallest absolute Gasteiger partial charge is 0.0558 e. The van der Waals surface area contributed by atoms with Gasteiger partial charge in [-0.2, -0.15) is 0 Å². The molecule has 90 valence electrons. The molecule has 3 N–H and O–H groups in total. The number of aliphatic hydroxyl groups excluding tert-OH is 1. The molecular formula is C12H26N2O. The molecule has 0 aromatic heterocycles. The highest BCUT2D eigenvalue weighted by Gasteiger charge is 2.26. The number of nitrogens with two attached hydrogens (primary N) is 1. The van der Waals surface area contributed by atoms with Crippen molar-refractivity contribution in [3.05, 3.63) is 0 Å². The number of hydrogen-bond acceptors (Lipinski definition) is 3. The van der Waals surface area contributed by atoms with Gasteiger partial charge in [-0.3, -0.25) is 0 Å². The monoisotopic (exact) mass is 214 g/mol. The fourth-order valence-electron chi connectivity index (χ4n) is 2.58. The molecule has 1 aliphatic carbocycles. The van der Waals surface area contributed by atoms with Crippen molar-refractivity contribution in [2.75, 3.05) is 26.2 Å². The zero-order valence-corrected chi connectivity index (χ0v) is 10.2. The average molecular weight is 214 g/mol. The van der Waals surface area contributed by atoms with Crippen LogP contribution in [0.25, 0.3) is 0 Å². The van der Waals surface area contributed by atoms with Gasteiger partial charge in [-0.15, -0.1) is 0 Å². The summed E-state index contributed by atoms with van der Waals surface area (Å²) in [6, 6.07) is 0.369. The Balaban J connectivity index is 2.39. The van der Waals surface area contributed by atoms with E-state index in [4.69, 9.17) is 10.8 Å². The van der Waals surface area contributed by atoms with E-state index in [1.807, 2.05) is 0 Å². The minimum Gasteiger partial charge on any atom is -0.395 e. The molecule has 0 heterocycles. The average Bonchev–Trinajstić information content (AvgIpc) is 2.22. The molecule has 0 saturated heterocycles. The molecule has 1 saturated carbocycles. The molecule has 3 unspecified atom stereocenters. The zero-order valence-electron chi connectivity index (χ0n) is 10.2. The molecule has 0 aromatic carbocycles. The first kappa shape index (κ1) is 12.9. The molecule has 1 aliphatic rings. The third kappa shape index (κ3) is 4.09. The van der Waals surface area contributed by atoms with Gasteiger partial charge >= 0.3 is 0 Å². The lowest BCUT2D eigenvalue weighted by atomic mass is 9.79. The molecule has 3 atom stereocenters. The second-order valence-corrected chi connectivity index (χ2v) is 4.96. The molecule has 3 heteroatoms. The Morgan fingerprint density at radius 2 is 2.13 bits per heavy atom. The van der Waals surface area contributed by atoms with Gasteiger partial charge in [0, 0.05) is 19.1 Å². The highest BCUT2D eigenvalue weighted by molar-refractivity contribution is 4.83. The van der Waals surface area contributed by atoms with E-state index >= 15 is 0 Å². The minimum absolute atomic E-state index is 0.255. The lowest BCUT2D eigenvalue weighted by Crippen LogP contribution is -2.43. The fourth-order valence-corrected chi connectivity index (χ4v) is 2.58. The summed E-state index contributed by atoms with van der Waals surface area (Å²) in [4.78, 5) is 2.31. The van der Waals surface area contributed by atoms with E-state index in [-0.39, 0.29) is 6.61 Å². The van der Waals surface area contributed by atoms with Gasteiger partial charge < -0.3 is 15.7 Å². The summed E-state index contributed by atoms with van der Waals surface area (Å²) in [5.41, 5.74) is 6.15. The summed E-state index contributed by atoms with van der Waals surface area (Å²) in [7, 11) is 0. The third-order valence-corrected chi connectivity index (χ3v) is 3.66. The standard InChI is InChI=1S/C12H26N2O/c1-3-14(6-7-15)9-11-8-10(2)4-5-12(11)13/h10-12,15H,3-9,13H2,1-2H3. The van der Waals surface area contributed by atoms with Crippen molar-refractivity contribution >= 4 is 0 Å². The summed E-state index contributed by atoms with van der Waals surface area (Å²) < 4.78 is 0. The quantitative estimate of drug-likeness (QED) is 0.719. The van der Waals surface area contributed by atoms with Crippen LogP contribution in [0.4, 0.5) is 0 Å². The minimum atomic E-state index is 0.255. The maximum Gasteiger partial charge on any atom is 0.0558 e. The lowest BCUT2D eigenvalue weighted by Gasteiger charge is -2.35. The molecule has 15 heavy (non-hydrogen) atoms. The lowest BCUT2D eigenvalue weighted by molar-refractivity contribution is 0.142. The van der Waals surface area contributed by atoms with Crippen molar-refractivity contribution in [1.29, 1.82) is 0 Å². The van der Waals surface area contributed by atoms with Gasteiger partial charge in [-0.1, -0.05) is 13.8 Å². The van der Waals surface area contributed by atoms with Crippen molar-refractivity contribution in [1.82, 2.24) is 4.90 Å².